The summed E-state index contributed by atoms with van der Waals surface area (Å²) in [5.41, 5.74) is 1.01. The van der Waals surface area contributed by atoms with Gasteiger partial charge in [0.25, 0.3) is 0 Å². The Kier molecular flexibility index (Phi) is 6.10. The van der Waals surface area contributed by atoms with Gasteiger partial charge in [-0.3, -0.25) is 0 Å². The maximum Gasteiger partial charge on any atom is 0.410 e. The van der Waals surface area contributed by atoms with E-state index >= 15 is 0 Å². The van der Waals surface area contributed by atoms with Gasteiger partial charge in [0, 0.05) is 18.6 Å². The van der Waals surface area contributed by atoms with Gasteiger partial charge < -0.3 is 20.1 Å². The van der Waals surface area contributed by atoms with Crippen molar-refractivity contribution in [3.8, 4) is 0 Å². The highest BCUT2D eigenvalue weighted by Gasteiger charge is 2.42. The van der Waals surface area contributed by atoms with Crippen molar-refractivity contribution in [2.45, 2.75) is 63.3 Å². The number of hydrogen-bond acceptors (Lipinski definition) is 4. The molecule has 2 N–H and O–H groups in total. The minimum atomic E-state index is -0.191. The first kappa shape index (κ1) is 17.2. The van der Waals surface area contributed by atoms with Gasteiger partial charge in [0.1, 0.15) is 6.61 Å². The highest BCUT2D eigenvalue weighted by atomic mass is 16.6. The molecule has 1 amide bonds. The summed E-state index contributed by atoms with van der Waals surface area (Å²) in [6.07, 6.45) is 6.35. The van der Waals surface area contributed by atoms with Crippen molar-refractivity contribution in [1.82, 2.24) is 10.2 Å². The van der Waals surface area contributed by atoms with Crippen LogP contribution in [-0.4, -0.2) is 47.4 Å². The second-order valence-corrected chi connectivity index (χ2v) is 6.81. The fraction of sp³-hybridized carbons (Fsp3) is 0.632. The Hall–Kier alpha value is -1.59. The topological polar surface area (TPSA) is 61.8 Å². The third kappa shape index (κ3) is 4.48. The SMILES string of the molecule is O=C(OCc1ccccc1)N(C1CC1)[C@@H]1CCCC[C@@H]1NCCO. The van der Waals surface area contributed by atoms with Gasteiger partial charge in [-0.15, -0.1) is 0 Å². The lowest BCUT2D eigenvalue weighted by atomic mass is 9.89. The summed E-state index contributed by atoms with van der Waals surface area (Å²) in [4.78, 5) is 14.7. The molecular weight excluding hydrogens is 304 g/mol. The van der Waals surface area contributed by atoms with Crippen LogP contribution in [0.15, 0.2) is 30.3 Å². The highest BCUT2D eigenvalue weighted by Crippen LogP contribution is 2.34. The first-order valence-electron chi connectivity index (χ1n) is 9.13. The number of carbonyl (C=O) groups excluding carboxylic acids is 1. The highest BCUT2D eigenvalue weighted by molar-refractivity contribution is 5.69. The van der Waals surface area contributed by atoms with E-state index in [0.29, 0.717) is 19.2 Å². The maximum absolute atomic E-state index is 12.7. The number of nitrogens with one attached hydrogen (secondary N) is 1. The van der Waals surface area contributed by atoms with Crippen LogP contribution in [0.25, 0.3) is 0 Å². The third-order valence-electron chi connectivity index (χ3n) is 4.96. The molecule has 0 aliphatic heterocycles. The minimum absolute atomic E-state index is 0.130. The van der Waals surface area contributed by atoms with Crippen LogP contribution >= 0.6 is 0 Å². The van der Waals surface area contributed by atoms with E-state index in [-0.39, 0.29) is 24.8 Å². The molecule has 0 radical (unpaired) electrons. The Morgan fingerprint density at radius 3 is 2.62 bits per heavy atom. The van der Waals surface area contributed by atoms with Crippen molar-refractivity contribution in [1.29, 1.82) is 0 Å². The Labute approximate surface area is 144 Å². The summed E-state index contributed by atoms with van der Waals surface area (Å²) < 4.78 is 5.61. The Balaban J connectivity index is 1.63. The van der Waals surface area contributed by atoms with E-state index in [1.165, 1.54) is 6.42 Å². The van der Waals surface area contributed by atoms with Crippen LogP contribution in [0, 0.1) is 0 Å². The molecule has 2 atom stereocenters. The van der Waals surface area contributed by atoms with E-state index in [4.69, 9.17) is 9.84 Å². The molecule has 0 bridgehead atoms. The Bertz CT molecular complexity index is 519. The van der Waals surface area contributed by atoms with Gasteiger partial charge in [-0.05, 0) is 31.2 Å². The summed E-state index contributed by atoms with van der Waals surface area (Å²) in [6, 6.07) is 10.6. The van der Waals surface area contributed by atoms with E-state index in [1.807, 2.05) is 35.2 Å². The van der Waals surface area contributed by atoms with Crippen molar-refractivity contribution in [3.05, 3.63) is 35.9 Å². The zero-order chi connectivity index (χ0) is 16.8. The zero-order valence-electron chi connectivity index (χ0n) is 14.2. The molecule has 2 fully saturated rings. The predicted octanol–water partition coefficient (Wildman–Crippen LogP) is 2.68. The molecule has 24 heavy (non-hydrogen) atoms. The number of rotatable bonds is 7. The van der Waals surface area contributed by atoms with Crippen molar-refractivity contribution in [2.24, 2.45) is 0 Å². The van der Waals surface area contributed by atoms with E-state index in [9.17, 15) is 4.79 Å². The number of aliphatic hydroxyl groups excluding tert-OH is 1. The molecule has 5 heteroatoms. The van der Waals surface area contributed by atoms with E-state index in [0.717, 1.165) is 37.7 Å². The lowest BCUT2D eigenvalue weighted by molar-refractivity contribution is 0.0574. The maximum atomic E-state index is 12.7. The van der Waals surface area contributed by atoms with Gasteiger partial charge in [0.05, 0.1) is 12.6 Å². The molecular formula is C19H28N2O3. The fourth-order valence-corrected chi connectivity index (χ4v) is 3.63. The van der Waals surface area contributed by atoms with Crippen molar-refractivity contribution in [2.75, 3.05) is 13.2 Å². The van der Waals surface area contributed by atoms with Gasteiger partial charge in [-0.2, -0.15) is 0 Å². The Morgan fingerprint density at radius 1 is 1.17 bits per heavy atom. The average molecular weight is 332 g/mol. The average Bonchev–Trinajstić information content (AvgIpc) is 3.45. The molecule has 0 unspecified atom stereocenters. The summed E-state index contributed by atoms with van der Waals surface area (Å²) >= 11 is 0. The van der Waals surface area contributed by atoms with Crippen LogP contribution in [-0.2, 0) is 11.3 Å². The van der Waals surface area contributed by atoms with Gasteiger partial charge in [-0.25, -0.2) is 4.79 Å². The molecule has 1 aromatic carbocycles. The summed E-state index contributed by atoms with van der Waals surface area (Å²) in [5.74, 6) is 0. The number of hydrogen-bond donors (Lipinski definition) is 2. The fourth-order valence-electron chi connectivity index (χ4n) is 3.63. The lowest BCUT2D eigenvalue weighted by Crippen LogP contribution is -2.55. The quantitative estimate of drug-likeness (QED) is 0.806. The first-order chi connectivity index (χ1) is 11.8. The summed E-state index contributed by atoms with van der Waals surface area (Å²) in [6.45, 7) is 1.04. The molecule has 0 saturated heterocycles. The molecule has 2 saturated carbocycles. The number of carbonyl (C=O) groups is 1. The van der Waals surface area contributed by atoms with E-state index < -0.39 is 0 Å². The number of benzene rings is 1. The van der Waals surface area contributed by atoms with E-state index in [2.05, 4.69) is 5.32 Å². The van der Waals surface area contributed by atoms with Crippen LogP contribution in [0.1, 0.15) is 44.1 Å². The molecule has 3 rings (SSSR count). The molecule has 0 heterocycles. The summed E-state index contributed by atoms with van der Waals surface area (Å²) in [7, 11) is 0. The van der Waals surface area contributed by atoms with Crippen molar-refractivity contribution >= 4 is 6.09 Å². The van der Waals surface area contributed by atoms with Crippen LogP contribution in [0.2, 0.25) is 0 Å². The van der Waals surface area contributed by atoms with Crippen molar-refractivity contribution in [3.63, 3.8) is 0 Å². The molecule has 5 nitrogen and oxygen atoms in total. The molecule has 0 spiro atoms. The number of amides is 1. The molecule has 132 valence electrons. The van der Waals surface area contributed by atoms with Crippen LogP contribution in [0.5, 0.6) is 0 Å². The zero-order valence-corrected chi connectivity index (χ0v) is 14.2. The molecule has 1 aromatic rings. The number of aliphatic hydroxyl groups is 1. The second-order valence-electron chi connectivity index (χ2n) is 6.81. The smallest absolute Gasteiger partial charge is 0.410 e. The standard InChI is InChI=1S/C19H28N2O3/c22-13-12-20-17-8-4-5-9-18(17)21(16-10-11-16)19(23)24-14-15-6-2-1-3-7-15/h1-3,6-7,16-18,20,22H,4-5,8-14H2/t17-,18+/m0/s1. The van der Waals surface area contributed by atoms with Gasteiger partial charge in [0.15, 0.2) is 0 Å². The molecule has 2 aliphatic carbocycles. The first-order valence-corrected chi connectivity index (χ1v) is 9.13. The minimum Gasteiger partial charge on any atom is -0.445 e. The monoisotopic (exact) mass is 332 g/mol. The molecule has 0 aromatic heterocycles. The van der Waals surface area contributed by atoms with Crippen LogP contribution in [0.3, 0.4) is 0 Å². The molecule has 2 aliphatic rings. The third-order valence-corrected chi connectivity index (χ3v) is 4.96. The normalized spacial score (nSPS) is 23.7. The van der Waals surface area contributed by atoms with Crippen LogP contribution in [0.4, 0.5) is 4.79 Å². The predicted molar refractivity (Wildman–Crippen MR) is 92.6 cm³/mol. The number of ether oxygens (including phenoxy) is 1. The summed E-state index contributed by atoms with van der Waals surface area (Å²) in [5, 5.41) is 12.5. The largest absolute Gasteiger partial charge is 0.445 e. The van der Waals surface area contributed by atoms with Gasteiger partial charge >= 0.3 is 6.09 Å². The lowest BCUT2D eigenvalue weighted by Gasteiger charge is -2.40. The second kappa shape index (κ2) is 8.49. The van der Waals surface area contributed by atoms with Crippen molar-refractivity contribution < 1.29 is 14.6 Å². The van der Waals surface area contributed by atoms with Gasteiger partial charge in [0.2, 0.25) is 0 Å². The number of nitrogens with zero attached hydrogens (tertiary/aromatic N) is 1. The van der Waals surface area contributed by atoms with Gasteiger partial charge in [-0.1, -0.05) is 43.2 Å². The Morgan fingerprint density at radius 2 is 1.92 bits per heavy atom. The van der Waals surface area contributed by atoms with Crippen LogP contribution < -0.4 is 5.32 Å². The van der Waals surface area contributed by atoms with E-state index in [1.54, 1.807) is 0 Å².